The minimum Gasteiger partial charge on any atom is -0.483 e. The van der Waals surface area contributed by atoms with E-state index in [1.54, 1.807) is 6.92 Å². The minimum absolute atomic E-state index is 0.135. The molecule has 0 amide bonds. The quantitative estimate of drug-likeness (QED) is 0.756. The molecule has 2 heteroatoms. The largest absolute Gasteiger partial charge is 0.483 e. The third kappa shape index (κ3) is 3.08. The van der Waals surface area contributed by atoms with Gasteiger partial charge >= 0.3 is 0 Å². The van der Waals surface area contributed by atoms with Crippen LogP contribution in [0.2, 0.25) is 0 Å². The normalized spacial score (nSPS) is 12.3. The van der Waals surface area contributed by atoms with Gasteiger partial charge in [-0.2, -0.15) is 0 Å². The fourth-order valence-corrected chi connectivity index (χ4v) is 1.38. The molecule has 0 aliphatic carbocycles. The summed E-state index contributed by atoms with van der Waals surface area (Å²) in [5.41, 5.74) is 2.21. The van der Waals surface area contributed by atoms with Crippen LogP contribution in [0.3, 0.4) is 0 Å². The summed E-state index contributed by atoms with van der Waals surface area (Å²) < 4.78 is 5.63. The van der Waals surface area contributed by atoms with Crippen LogP contribution in [-0.2, 0) is 4.79 Å². The Morgan fingerprint density at radius 2 is 2.07 bits per heavy atom. The maximum atomic E-state index is 11.4. The summed E-state index contributed by atoms with van der Waals surface area (Å²) in [5.74, 6) is 0.945. The molecule has 0 saturated heterocycles. The molecule has 0 aliphatic heterocycles. The Balaban J connectivity index is 2.80. The Bertz CT molecular complexity index is 356. The van der Waals surface area contributed by atoms with Crippen molar-refractivity contribution in [3.05, 3.63) is 29.3 Å². The lowest BCUT2D eigenvalue weighted by Gasteiger charge is -2.15. The number of carbonyl (C=O) groups is 1. The molecule has 0 saturated carbocycles. The zero-order valence-corrected chi connectivity index (χ0v) is 9.83. The van der Waals surface area contributed by atoms with Gasteiger partial charge in [0.15, 0.2) is 11.9 Å². The van der Waals surface area contributed by atoms with Crippen LogP contribution in [0, 0.1) is 13.8 Å². The molecule has 0 heterocycles. The first-order chi connectivity index (χ1) is 7.04. The summed E-state index contributed by atoms with van der Waals surface area (Å²) in [6.45, 7) is 7.65. The van der Waals surface area contributed by atoms with Crippen LogP contribution in [0.4, 0.5) is 0 Å². The van der Waals surface area contributed by atoms with E-state index in [-0.39, 0.29) is 11.9 Å². The number of aryl methyl sites for hydroxylation is 2. The maximum Gasteiger partial charge on any atom is 0.172 e. The predicted molar refractivity (Wildman–Crippen MR) is 61.3 cm³/mol. The zero-order valence-electron chi connectivity index (χ0n) is 9.83. The number of benzene rings is 1. The van der Waals surface area contributed by atoms with Gasteiger partial charge in [0.1, 0.15) is 5.75 Å². The topological polar surface area (TPSA) is 26.3 Å². The van der Waals surface area contributed by atoms with Gasteiger partial charge in [-0.15, -0.1) is 0 Å². The van der Waals surface area contributed by atoms with Crippen molar-refractivity contribution in [3.8, 4) is 5.75 Å². The molecule has 1 unspecified atom stereocenters. The highest BCUT2D eigenvalue weighted by Gasteiger charge is 2.13. The lowest BCUT2D eigenvalue weighted by molar-refractivity contribution is -0.124. The molecule has 1 atom stereocenters. The minimum atomic E-state index is -0.351. The summed E-state index contributed by atoms with van der Waals surface area (Å²) in [4.78, 5) is 11.4. The van der Waals surface area contributed by atoms with E-state index in [9.17, 15) is 4.79 Å². The van der Waals surface area contributed by atoms with Crippen molar-refractivity contribution in [1.82, 2.24) is 0 Å². The first-order valence-electron chi connectivity index (χ1n) is 5.31. The van der Waals surface area contributed by atoms with Crippen molar-refractivity contribution in [1.29, 1.82) is 0 Å². The van der Waals surface area contributed by atoms with Crippen LogP contribution in [0.1, 0.15) is 31.4 Å². The average Bonchev–Trinajstić information content (AvgIpc) is 2.22. The molecule has 0 aliphatic rings. The molecule has 15 heavy (non-hydrogen) atoms. The first-order valence-corrected chi connectivity index (χ1v) is 5.31. The van der Waals surface area contributed by atoms with Crippen LogP contribution >= 0.6 is 0 Å². The smallest absolute Gasteiger partial charge is 0.172 e. The number of ketones is 1. The average molecular weight is 206 g/mol. The molecule has 82 valence electrons. The van der Waals surface area contributed by atoms with Gasteiger partial charge in [0.05, 0.1) is 0 Å². The van der Waals surface area contributed by atoms with Gasteiger partial charge in [-0.1, -0.05) is 19.1 Å². The second-order valence-electron chi connectivity index (χ2n) is 3.85. The summed E-state index contributed by atoms with van der Waals surface area (Å²) >= 11 is 0. The van der Waals surface area contributed by atoms with Crippen molar-refractivity contribution in [2.75, 3.05) is 0 Å². The zero-order chi connectivity index (χ0) is 11.4. The summed E-state index contributed by atoms with van der Waals surface area (Å²) in [6, 6.07) is 6.01. The van der Waals surface area contributed by atoms with Gasteiger partial charge in [-0.25, -0.2) is 0 Å². The number of hydrogen-bond acceptors (Lipinski definition) is 2. The number of rotatable bonds is 4. The van der Waals surface area contributed by atoms with Crippen molar-refractivity contribution in [2.45, 2.75) is 40.2 Å². The standard InChI is InChI=1S/C13H18O2/c1-5-12(14)11(4)15-13-8-9(2)6-7-10(13)3/h6-8,11H,5H2,1-4H3. The fourth-order valence-electron chi connectivity index (χ4n) is 1.38. The summed E-state index contributed by atoms with van der Waals surface area (Å²) in [5, 5.41) is 0. The lowest BCUT2D eigenvalue weighted by atomic mass is 10.1. The number of hydrogen-bond donors (Lipinski definition) is 0. The monoisotopic (exact) mass is 206 g/mol. The second kappa shape index (κ2) is 4.96. The van der Waals surface area contributed by atoms with Crippen LogP contribution in [0.25, 0.3) is 0 Å². The summed E-state index contributed by atoms with van der Waals surface area (Å²) in [7, 11) is 0. The van der Waals surface area contributed by atoms with Crippen LogP contribution in [0.15, 0.2) is 18.2 Å². The third-order valence-corrected chi connectivity index (χ3v) is 2.45. The highest BCUT2D eigenvalue weighted by molar-refractivity contribution is 5.82. The fraction of sp³-hybridized carbons (Fsp3) is 0.462. The van der Waals surface area contributed by atoms with Gasteiger partial charge in [-0.05, 0) is 38.0 Å². The van der Waals surface area contributed by atoms with E-state index in [0.29, 0.717) is 6.42 Å². The molecular weight excluding hydrogens is 188 g/mol. The molecule has 2 nitrogen and oxygen atoms in total. The molecule has 0 N–H and O–H groups in total. The van der Waals surface area contributed by atoms with Gasteiger partial charge in [0, 0.05) is 6.42 Å². The van der Waals surface area contributed by atoms with Crippen LogP contribution < -0.4 is 4.74 Å². The van der Waals surface area contributed by atoms with E-state index in [0.717, 1.165) is 16.9 Å². The maximum absolute atomic E-state index is 11.4. The van der Waals surface area contributed by atoms with Crippen molar-refractivity contribution < 1.29 is 9.53 Å². The van der Waals surface area contributed by atoms with Crippen molar-refractivity contribution in [2.24, 2.45) is 0 Å². The Hall–Kier alpha value is -1.31. The molecule has 0 spiro atoms. The molecule has 1 aromatic carbocycles. The van der Waals surface area contributed by atoms with Crippen LogP contribution in [0.5, 0.6) is 5.75 Å². The number of Topliss-reactive ketones (excluding diaryl/α,β-unsaturated/α-hetero) is 1. The Morgan fingerprint density at radius 1 is 1.40 bits per heavy atom. The summed E-state index contributed by atoms with van der Waals surface area (Å²) in [6.07, 6.45) is 0.168. The van der Waals surface area contributed by atoms with Gasteiger partial charge in [0.2, 0.25) is 0 Å². The first kappa shape index (κ1) is 11.8. The third-order valence-electron chi connectivity index (χ3n) is 2.45. The highest BCUT2D eigenvalue weighted by Crippen LogP contribution is 2.20. The number of ether oxygens (including phenoxy) is 1. The van der Waals surface area contributed by atoms with E-state index < -0.39 is 0 Å². The van der Waals surface area contributed by atoms with Gasteiger partial charge < -0.3 is 4.74 Å². The molecule has 0 aromatic heterocycles. The molecule has 1 aromatic rings. The van der Waals surface area contributed by atoms with Gasteiger partial charge in [-0.3, -0.25) is 4.79 Å². The lowest BCUT2D eigenvalue weighted by Crippen LogP contribution is -2.23. The van der Waals surface area contributed by atoms with E-state index in [1.165, 1.54) is 0 Å². The Morgan fingerprint density at radius 3 is 2.67 bits per heavy atom. The number of carbonyl (C=O) groups excluding carboxylic acids is 1. The molecule has 0 radical (unpaired) electrons. The molecular formula is C13H18O2. The SMILES string of the molecule is CCC(=O)C(C)Oc1cc(C)ccc1C. The Kier molecular flexibility index (Phi) is 3.89. The van der Waals surface area contributed by atoms with Crippen molar-refractivity contribution in [3.63, 3.8) is 0 Å². The second-order valence-corrected chi connectivity index (χ2v) is 3.85. The van der Waals surface area contributed by atoms with E-state index >= 15 is 0 Å². The molecule has 0 bridgehead atoms. The molecule has 1 rings (SSSR count). The van der Waals surface area contributed by atoms with E-state index in [2.05, 4.69) is 0 Å². The molecule has 0 fully saturated rings. The predicted octanol–water partition coefficient (Wildman–Crippen LogP) is 3.05. The van der Waals surface area contributed by atoms with Crippen LogP contribution in [-0.4, -0.2) is 11.9 Å². The Labute approximate surface area is 91.3 Å². The van der Waals surface area contributed by atoms with Gasteiger partial charge in [0.25, 0.3) is 0 Å². The van der Waals surface area contributed by atoms with E-state index in [4.69, 9.17) is 4.74 Å². The highest BCUT2D eigenvalue weighted by atomic mass is 16.5. The van der Waals surface area contributed by atoms with Crippen molar-refractivity contribution >= 4 is 5.78 Å². The van der Waals surface area contributed by atoms with E-state index in [1.807, 2.05) is 39.0 Å².